The first-order chi connectivity index (χ1) is 9.83. The van der Waals surface area contributed by atoms with Crippen LogP contribution in [0.3, 0.4) is 0 Å². The van der Waals surface area contributed by atoms with E-state index in [1.807, 2.05) is 30.3 Å². The van der Waals surface area contributed by atoms with Crippen LogP contribution < -0.4 is 5.32 Å². The van der Waals surface area contributed by atoms with Crippen molar-refractivity contribution in [2.24, 2.45) is 0 Å². The van der Waals surface area contributed by atoms with Crippen LogP contribution in [0.4, 0.5) is 5.88 Å². The summed E-state index contributed by atoms with van der Waals surface area (Å²) in [5.41, 5.74) is 3.03. The highest BCUT2D eigenvalue weighted by atomic mass is 16.5. The molecule has 0 unspecified atom stereocenters. The topological polar surface area (TPSA) is 55.1 Å². The number of rotatable bonds is 3. The maximum atomic E-state index is 11.9. The fraction of sp³-hybridized carbons (Fsp3) is 0.250. The minimum Gasteiger partial charge on any atom is -0.338 e. The third-order valence-electron chi connectivity index (χ3n) is 3.42. The van der Waals surface area contributed by atoms with Gasteiger partial charge in [0.2, 0.25) is 5.88 Å². The Labute approximate surface area is 117 Å². The molecule has 0 saturated carbocycles. The number of fused-ring (bicyclic) bond motifs is 1. The van der Waals surface area contributed by atoms with Crippen LogP contribution in [0.25, 0.3) is 6.08 Å². The summed E-state index contributed by atoms with van der Waals surface area (Å²) >= 11 is 0. The van der Waals surface area contributed by atoms with Crippen LogP contribution in [0, 0.1) is 0 Å². The molecule has 0 saturated heterocycles. The lowest BCUT2D eigenvalue weighted by molar-refractivity contribution is -0.112. The number of benzene rings is 1. The first-order valence-electron chi connectivity index (χ1n) is 6.84. The van der Waals surface area contributed by atoms with Crippen LogP contribution in [0.1, 0.15) is 29.7 Å². The average Bonchev–Trinajstić information content (AvgIpc) is 2.90. The van der Waals surface area contributed by atoms with E-state index in [-0.39, 0.29) is 5.91 Å². The van der Waals surface area contributed by atoms with E-state index in [0.29, 0.717) is 5.88 Å². The van der Waals surface area contributed by atoms with Crippen LogP contribution in [-0.2, 0) is 17.6 Å². The van der Waals surface area contributed by atoms with Crippen LogP contribution in [-0.4, -0.2) is 11.1 Å². The molecule has 3 rings (SSSR count). The van der Waals surface area contributed by atoms with Gasteiger partial charge in [-0.25, -0.2) is 0 Å². The predicted octanol–water partition coefficient (Wildman–Crippen LogP) is 3.21. The van der Waals surface area contributed by atoms with E-state index in [2.05, 4.69) is 10.5 Å². The summed E-state index contributed by atoms with van der Waals surface area (Å²) in [6.07, 6.45) is 7.41. The first-order valence-corrected chi connectivity index (χ1v) is 6.84. The van der Waals surface area contributed by atoms with Crippen LogP contribution in [0.15, 0.2) is 40.9 Å². The number of nitrogens with zero attached hydrogens (tertiary/aromatic N) is 1. The molecule has 2 aromatic rings. The quantitative estimate of drug-likeness (QED) is 0.870. The summed E-state index contributed by atoms with van der Waals surface area (Å²) in [5, 5.41) is 6.78. The van der Waals surface area contributed by atoms with E-state index in [1.54, 1.807) is 6.08 Å². The molecule has 0 atom stereocenters. The zero-order valence-electron chi connectivity index (χ0n) is 11.1. The van der Waals surface area contributed by atoms with Gasteiger partial charge >= 0.3 is 0 Å². The van der Waals surface area contributed by atoms with Gasteiger partial charge in [0.1, 0.15) is 0 Å². The molecule has 20 heavy (non-hydrogen) atoms. The van der Waals surface area contributed by atoms with Gasteiger partial charge in [-0.05, 0) is 37.3 Å². The molecule has 1 aliphatic carbocycles. The van der Waals surface area contributed by atoms with Crippen molar-refractivity contribution in [3.05, 3.63) is 53.2 Å². The molecule has 0 bridgehead atoms. The van der Waals surface area contributed by atoms with Gasteiger partial charge in [-0.3, -0.25) is 10.1 Å². The number of aryl methyl sites for hydroxylation is 1. The Morgan fingerprint density at radius 3 is 2.85 bits per heavy atom. The number of carbonyl (C=O) groups excluding carboxylic acids is 1. The highest BCUT2D eigenvalue weighted by Crippen LogP contribution is 2.27. The molecule has 1 aliphatic rings. The molecule has 0 spiro atoms. The van der Waals surface area contributed by atoms with Crippen LogP contribution in [0.5, 0.6) is 0 Å². The van der Waals surface area contributed by atoms with Gasteiger partial charge in [0.05, 0.1) is 5.69 Å². The van der Waals surface area contributed by atoms with Crippen molar-refractivity contribution in [3.8, 4) is 0 Å². The number of carbonyl (C=O) groups is 1. The van der Waals surface area contributed by atoms with Gasteiger partial charge in [-0.1, -0.05) is 35.5 Å². The highest BCUT2D eigenvalue weighted by Gasteiger charge is 2.19. The first kappa shape index (κ1) is 12.7. The van der Waals surface area contributed by atoms with E-state index >= 15 is 0 Å². The van der Waals surface area contributed by atoms with Gasteiger partial charge in [0.15, 0.2) is 0 Å². The molecule has 0 aliphatic heterocycles. The Bertz CT molecular complexity index is 629. The summed E-state index contributed by atoms with van der Waals surface area (Å²) in [6.45, 7) is 0. The van der Waals surface area contributed by atoms with Gasteiger partial charge in [0, 0.05) is 11.6 Å². The second-order valence-corrected chi connectivity index (χ2v) is 4.88. The molecule has 102 valence electrons. The molecule has 1 aromatic heterocycles. The Hall–Kier alpha value is -2.36. The normalized spacial score (nSPS) is 14.2. The lowest BCUT2D eigenvalue weighted by atomic mass is 9.98. The zero-order chi connectivity index (χ0) is 13.8. The summed E-state index contributed by atoms with van der Waals surface area (Å²) in [6, 6.07) is 9.70. The minimum absolute atomic E-state index is 0.196. The predicted molar refractivity (Wildman–Crippen MR) is 77.3 cm³/mol. The lowest BCUT2D eigenvalue weighted by Gasteiger charge is -2.08. The monoisotopic (exact) mass is 268 g/mol. The number of nitrogens with one attached hydrogen (secondary N) is 1. The van der Waals surface area contributed by atoms with E-state index in [9.17, 15) is 4.79 Å². The van der Waals surface area contributed by atoms with Gasteiger partial charge < -0.3 is 4.52 Å². The Morgan fingerprint density at radius 2 is 2.00 bits per heavy atom. The van der Waals surface area contributed by atoms with Gasteiger partial charge in [0.25, 0.3) is 5.91 Å². The Morgan fingerprint density at radius 1 is 1.20 bits per heavy atom. The number of hydrogen-bond acceptors (Lipinski definition) is 3. The minimum atomic E-state index is -0.196. The Kier molecular flexibility index (Phi) is 3.63. The van der Waals surface area contributed by atoms with E-state index in [4.69, 9.17) is 4.52 Å². The molecule has 1 N–H and O–H groups in total. The second kappa shape index (κ2) is 5.74. The van der Waals surface area contributed by atoms with Gasteiger partial charge in [-0.15, -0.1) is 0 Å². The molecule has 0 fully saturated rings. The Balaban J connectivity index is 1.67. The van der Waals surface area contributed by atoms with E-state index in [1.165, 1.54) is 6.08 Å². The van der Waals surface area contributed by atoms with E-state index < -0.39 is 0 Å². The third kappa shape index (κ3) is 2.79. The molecular weight excluding hydrogens is 252 g/mol. The highest BCUT2D eigenvalue weighted by molar-refractivity contribution is 6.01. The molecule has 1 aromatic carbocycles. The molecule has 4 heteroatoms. The fourth-order valence-electron chi connectivity index (χ4n) is 2.38. The maximum absolute atomic E-state index is 11.9. The number of hydrogen-bond donors (Lipinski definition) is 1. The van der Waals surface area contributed by atoms with Crippen molar-refractivity contribution >= 4 is 17.9 Å². The largest absolute Gasteiger partial charge is 0.338 e. The van der Waals surface area contributed by atoms with Crippen LogP contribution >= 0.6 is 0 Å². The molecular formula is C16H16N2O2. The smallest absolute Gasteiger partial charge is 0.250 e. The standard InChI is InChI=1S/C16H16N2O2/c19-15(11-10-12-6-2-1-3-7-12)17-16-13-8-4-5-9-14(13)18-20-16/h1-3,6-7,10-11H,4-5,8-9H2,(H,17,19)/b11-10+. The van der Waals surface area contributed by atoms with Crippen molar-refractivity contribution in [2.75, 3.05) is 5.32 Å². The molecule has 0 radical (unpaired) electrons. The lowest BCUT2D eigenvalue weighted by Crippen LogP contribution is -2.10. The SMILES string of the molecule is O=C(/C=C/c1ccccc1)Nc1onc2c1CCCC2. The summed E-state index contributed by atoms with van der Waals surface area (Å²) in [4.78, 5) is 11.9. The number of amides is 1. The molecule has 1 amide bonds. The van der Waals surface area contributed by atoms with Crippen molar-refractivity contribution < 1.29 is 9.32 Å². The zero-order valence-corrected chi connectivity index (χ0v) is 11.1. The molecule has 4 nitrogen and oxygen atoms in total. The average molecular weight is 268 g/mol. The summed E-state index contributed by atoms with van der Waals surface area (Å²) in [7, 11) is 0. The summed E-state index contributed by atoms with van der Waals surface area (Å²) in [5.74, 6) is 0.306. The third-order valence-corrected chi connectivity index (χ3v) is 3.42. The van der Waals surface area contributed by atoms with Crippen molar-refractivity contribution in [2.45, 2.75) is 25.7 Å². The molecule has 1 heterocycles. The number of anilines is 1. The second-order valence-electron chi connectivity index (χ2n) is 4.88. The van der Waals surface area contributed by atoms with Crippen molar-refractivity contribution in [1.82, 2.24) is 5.16 Å². The maximum Gasteiger partial charge on any atom is 0.250 e. The van der Waals surface area contributed by atoms with E-state index in [0.717, 1.165) is 42.5 Å². The summed E-state index contributed by atoms with van der Waals surface area (Å²) < 4.78 is 5.22. The fourth-order valence-corrected chi connectivity index (χ4v) is 2.38. The number of aromatic nitrogens is 1. The van der Waals surface area contributed by atoms with Crippen molar-refractivity contribution in [3.63, 3.8) is 0 Å². The van der Waals surface area contributed by atoms with Gasteiger partial charge in [-0.2, -0.15) is 0 Å². The van der Waals surface area contributed by atoms with Crippen molar-refractivity contribution in [1.29, 1.82) is 0 Å². The van der Waals surface area contributed by atoms with Crippen LogP contribution in [0.2, 0.25) is 0 Å².